The minimum absolute atomic E-state index is 0.0340. The molecular formula is C25H27ClF3N3OS. The van der Waals surface area contributed by atoms with E-state index in [1.165, 1.54) is 17.1 Å². The number of halogens is 4. The molecule has 2 aromatic heterocycles. The number of carbonyl (C=O) groups excluding carboxylic acids is 1. The van der Waals surface area contributed by atoms with E-state index in [9.17, 15) is 18.0 Å². The summed E-state index contributed by atoms with van der Waals surface area (Å²) in [5.41, 5.74) is 6.65. The zero-order valence-corrected chi connectivity index (χ0v) is 21.0. The maximum atomic E-state index is 13.6. The smallest absolute Gasteiger partial charge is 0.397 e. The van der Waals surface area contributed by atoms with E-state index in [2.05, 4.69) is 25.8 Å². The molecule has 0 aliphatic heterocycles. The maximum Gasteiger partial charge on any atom is 0.416 e. The summed E-state index contributed by atoms with van der Waals surface area (Å²) in [7, 11) is 0. The van der Waals surface area contributed by atoms with E-state index in [1.807, 2.05) is 12.1 Å². The van der Waals surface area contributed by atoms with Gasteiger partial charge in [0.05, 0.1) is 34.1 Å². The number of pyridine rings is 1. The molecule has 0 fully saturated rings. The van der Waals surface area contributed by atoms with E-state index in [1.54, 1.807) is 29.2 Å². The topological polar surface area (TPSA) is 59.2 Å². The number of nitrogens with zero attached hydrogens (tertiary/aromatic N) is 2. The van der Waals surface area contributed by atoms with Crippen molar-refractivity contribution < 1.29 is 18.0 Å². The summed E-state index contributed by atoms with van der Waals surface area (Å²) in [6.07, 6.45) is -2.78. The summed E-state index contributed by atoms with van der Waals surface area (Å²) >= 11 is 7.72. The van der Waals surface area contributed by atoms with Crippen molar-refractivity contribution >= 4 is 34.5 Å². The molecule has 9 heteroatoms. The Balaban J connectivity index is 1.92. The Bertz CT molecular complexity index is 1180. The van der Waals surface area contributed by atoms with Crippen molar-refractivity contribution in [3.05, 3.63) is 79.8 Å². The standard InChI is InChI=1S/C25H27ClF3N3OS/c1-15-21(22(30)19(26)13-31-15)23(33)32(14-18-8-9-20(34-18)24(2,3)4)11-10-16-6-5-7-17(12-16)25(27,28)29/h5-9,12-13H,10-11,14H2,1-4H3,(H2,30,31). The third-order valence-electron chi connectivity index (χ3n) is 5.43. The lowest BCUT2D eigenvalue weighted by molar-refractivity contribution is -0.137. The Morgan fingerprint density at radius 3 is 2.50 bits per heavy atom. The summed E-state index contributed by atoms with van der Waals surface area (Å²) in [5, 5.41) is 0.179. The first kappa shape index (κ1) is 26.0. The normalized spacial score (nSPS) is 12.1. The molecule has 34 heavy (non-hydrogen) atoms. The van der Waals surface area contributed by atoms with Gasteiger partial charge in [0, 0.05) is 22.5 Å². The first-order valence-corrected chi connectivity index (χ1v) is 11.9. The van der Waals surface area contributed by atoms with Gasteiger partial charge in [-0.1, -0.05) is 50.6 Å². The van der Waals surface area contributed by atoms with Crippen molar-refractivity contribution in [2.45, 2.75) is 52.3 Å². The molecule has 0 saturated carbocycles. The van der Waals surface area contributed by atoms with E-state index < -0.39 is 11.7 Å². The Hall–Kier alpha value is -2.58. The number of thiophene rings is 1. The highest BCUT2D eigenvalue weighted by molar-refractivity contribution is 7.12. The van der Waals surface area contributed by atoms with Crippen LogP contribution in [0.15, 0.2) is 42.6 Å². The maximum absolute atomic E-state index is 13.6. The summed E-state index contributed by atoms with van der Waals surface area (Å²) in [6, 6.07) is 9.17. The van der Waals surface area contributed by atoms with E-state index >= 15 is 0 Å². The molecule has 3 aromatic rings. The van der Waals surface area contributed by atoms with E-state index in [0.717, 1.165) is 17.0 Å². The molecule has 3 rings (SSSR count). The number of amides is 1. The van der Waals surface area contributed by atoms with Crippen molar-refractivity contribution in [1.29, 1.82) is 0 Å². The highest BCUT2D eigenvalue weighted by Gasteiger charge is 2.30. The quantitative estimate of drug-likeness (QED) is 0.393. The zero-order valence-electron chi connectivity index (χ0n) is 19.5. The number of carbonyl (C=O) groups is 1. The number of hydrogen-bond acceptors (Lipinski definition) is 4. The first-order chi connectivity index (χ1) is 15.8. The SMILES string of the molecule is Cc1ncc(Cl)c(N)c1C(=O)N(CCc1cccc(C(F)(F)F)c1)Cc1ccc(C(C)(C)C)s1. The van der Waals surface area contributed by atoms with E-state index in [0.29, 0.717) is 17.8 Å². The highest BCUT2D eigenvalue weighted by Crippen LogP contribution is 2.32. The van der Waals surface area contributed by atoms with E-state index in [4.69, 9.17) is 17.3 Å². The Labute approximate surface area is 206 Å². The second-order valence-electron chi connectivity index (χ2n) is 9.17. The van der Waals surface area contributed by atoms with Gasteiger partial charge >= 0.3 is 6.18 Å². The van der Waals surface area contributed by atoms with Gasteiger partial charge in [-0.25, -0.2) is 0 Å². The van der Waals surface area contributed by atoms with Crippen LogP contribution in [0.5, 0.6) is 0 Å². The van der Waals surface area contributed by atoms with Gasteiger partial charge in [0.25, 0.3) is 5.91 Å². The fourth-order valence-corrected chi connectivity index (χ4v) is 4.73. The van der Waals surface area contributed by atoms with Crippen LogP contribution in [-0.2, 0) is 24.6 Å². The van der Waals surface area contributed by atoms with Gasteiger partial charge in [0.1, 0.15) is 0 Å². The lowest BCUT2D eigenvalue weighted by Crippen LogP contribution is -2.33. The molecule has 0 radical (unpaired) electrons. The van der Waals surface area contributed by atoms with Crippen LogP contribution in [0.2, 0.25) is 5.02 Å². The van der Waals surface area contributed by atoms with Gasteiger partial charge in [0.2, 0.25) is 0 Å². The van der Waals surface area contributed by atoms with Crippen LogP contribution in [0.1, 0.15) is 57.7 Å². The minimum Gasteiger partial charge on any atom is -0.397 e. The Kier molecular flexibility index (Phi) is 7.62. The van der Waals surface area contributed by atoms with Crippen LogP contribution in [-0.4, -0.2) is 22.3 Å². The summed E-state index contributed by atoms with van der Waals surface area (Å²) in [4.78, 5) is 21.5. The van der Waals surface area contributed by atoms with Gasteiger partial charge in [-0.3, -0.25) is 9.78 Å². The molecule has 2 heterocycles. The molecule has 182 valence electrons. The van der Waals surface area contributed by atoms with Crippen molar-refractivity contribution in [3.8, 4) is 0 Å². The average molecular weight is 510 g/mol. The van der Waals surface area contributed by atoms with Crippen LogP contribution in [0.3, 0.4) is 0 Å². The molecule has 1 amide bonds. The van der Waals surface area contributed by atoms with Crippen molar-refractivity contribution in [2.75, 3.05) is 12.3 Å². The van der Waals surface area contributed by atoms with Crippen LogP contribution >= 0.6 is 22.9 Å². The highest BCUT2D eigenvalue weighted by atomic mass is 35.5. The number of hydrogen-bond donors (Lipinski definition) is 1. The van der Waals surface area contributed by atoms with Crippen LogP contribution in [0.4, 0.5) is 18.9 Å². The number of aryl methyl sites for hydroxylation is 1. The molecule has 1 aromatic carbocycles. The predicted octanol–water partition coefficient (Wildman–Crippen LogP) is 6.89. The van der Waals surface area contributed by atoms with Gasteiger partial charge in [0.15, 0.2) is 0 Å². The molecule has 2 N–H and O–H groups in total. The second kappa shape index (κ2) is 9.96. The van der Waals surface area contributed by atoms with Gasteiger partial charge in [-0.15, -0.1) is 11.3 Å². The molecule has 0 aliphatic carbocycles. The number of aromatic nitrogens is 1. The minimum atomic E-state index is -4.43. The second-order valence-corrected chi connectivity index (χ2v) is 10.7. The molecule has 0 spiro atoms. The number of nitrogens with two attached hydrogens (primary N) is 1. The van der Waals surface area contributed by atoms with Crippen LogP contribution in [0, 0.1) is 6.92 Å². The lowest BCUT2D eigenvalue weighted by Gasteiger charge is -2.24. The van der Waals surface area contributed by atoms with E-state index in [-0.39, 0.29) is 40.6 Å². The molecule has 0 aliphatic rings. The largest absolute Gasteiger partial charge is 0.416 e. The van der Waals surface area contributed by atoms with Gasteiger partial charge < -0.3 is 10.6 Å². The summed E-state index contributed by atoms with van der Waals surface area (Å²) < 4.78 is 39.4. The number of rotatable bonds is 6. The summed E-state index contributed by atoms with van der Waals surface area (Å²) in [5.74, 6) is -0.359. The van der Waals surface area contributed by atoms with Crippen LogP contribution < -0.4 is 5.73 Å². The molecule has 0 unspecified atom stereocenters. The molecule has 4 nitrogen and oxygen atoms in total. The van der Waals surface area contributed by atoms with Crippen molar-refractivity contribution in [2.24, 2.45) is 0 Å². The fraction of sp³-hybridized carbons (Fsp3) is 0.360. The van der Waals surface area contributed by atoms with Crippen LogP contribution in [0.25, 0.3) is 0 Å². The van der Waals surface area contributed by atoms with Crippen molar-refractivity contribution in [1.82, 2.24) is 9.88 Å². The Morgan fingerprint density at radius 2 is 1.88 bits per heavy atom. The molecule has 0 saturated heterocycles. The third kappa shape index (κ3) is 6.10. The average Bonchev–Trinajstić information content (AvgIpc) is 3.23. The monoisotopic (exact) mass is 509 g/mol. The number of alkyl halides is 3. The number of nitrogen functional groups attached to an aromatic ring is 1. The lowest BCUT2D eigenvalue weighted by atomic mass is 9.95. The number of benzene rings is 1. The predicted molar refractivity (Wildman–Crippen MR) is 131 cm³/mol. The molecule has 0 atom stereocenters. The zero-order chi connectivity index (χ0) is 25.3. The molecular weight excluding hydrogens is 483 g/mol. The fourth-order valence-electron chi connectivity index (χ4n) is 3.50. The number of anilines is 1. The first-order valence-electron chi connectivity index (χ1n) is 10.7. The molecule has 0 bridgehead atoms. The third-order valence-corrected chi connectivity index (χ3v) is 7.23. The van der Waals surface area contributed by atoms with Gasteiger partial charge in [-0.05, 0) is 42.5 Å². The van der Waals surface area contributed by atoms with Crippen molar-refractivity contribution in [3.63, 3.8) is 0 Å². The van der Waals surface area contributed by atoms with Gasteiger partial charge in [-0.2, -0.15) is 13.2 Å². The Morgan fingerprint density at radius 1 is 1.18 bits per heavy atom. The summed E-state index contributed by atoms with van der Waals surface area (Å²) in [6.45, 7) is 8.51.